The maximum Gasteiger partial charge on any atom is 0.295 e. The van der Waals surface area contributed by atoms with Crippen LogP contribution in [0.3, 0.4) is 0 Å². The first kappa shape index (κ1) is 14.9. The Bertz CT molecular complexity index is 891. The lowest BCUT2D eigenvalue weighted by molar-refractivity contribution is 0.0995. The van der Waals surface area contributed by atoms with Crippen molar-refractivity contribution in [3.63, 3.8) is 0 Å². The van der Waals surface area contributed by atoms with Gasteiger partial charge in [-0.25, -0.2) is 0 Å². The highest BCUT2D eigenvalue weighted by Gasteiger charge is 2.14. The Labute approximate surface area is 141 Å². The van der Waals surface area contributed by atoms with Crippen molar-refractivity contribution >= 4 is 54.4 Å². The quantitative estimate of drug-likeness (QED) is 0.584. The molecular formula is C14H8Br2N4O2. The summed E-state index contributed by atoms with van der Waals surface area (Å²) in [5.74, 6) is -0.662. The highest BCUT2D eigenvalue weighted by molar-refractivity contribution is 9.11. The molecule has 0 saturated heterocycles. The fourth-order valence-corrected chi connectivity index (χ4v) is 3.27. The number of hydrogen-bond acceptors (Lipinski definition) is 4. The van der Waals surface area contributed by atoms with Gasteiger partial charge in [-0.15, -0.1) is 10.2 Å². The number of carbonyl (C=O) groups excluding carboxylic acids is 1. The van der Waals surface area contributed by atoms with Gasteiger partial charge in [-0.3, -0.25) is 9.78 Å². The largest absolute Gasteiger partial charge is 0.493 e. The third kappa shape index (κ3) is 2.79. The normalized spacial score (nSPS) is 11.4. The number of benzene rings is 1. The van der Waals surface area contributed by atoms with E-state index in [1.807, 2.05) is 6.07 Å². The molecule has 6 nitrogen and oxygen atoms in total. The van der Waals surface area contributed by atoms with Gasteiger partial charge in [-0.1, -0.05) is 15.9 Å². The summed E-state index contributed by atoms with van der Waals surface area (Å²) >= 11 is 6.77. The van der Waals surface area contributed by atoms with E-state index in [-0.39, 0.29) is 11.6 Å². The molecule has 0 aliphatic rings. The Morgan fingerprint density at radius 1 is 1.23 bits per heavy atom. The van der Waals surface area contributed by atoms with Gasteiger partial charge in [-0.05, 0) is 40.2 Å². The third-order valence-corrected chi connectivity index (χ3v) is 4.03. The summed E-state index contributed by atoms with van der Waals surface area (Å²) in [5, 5.41) is 18.1. The summed E-state index contributed by atoms with van der Waals surface area (Å²) in [7, 11) is 0. The molecule has 3 rings (SSSR count). The van der Waals surface area contributed by atoms with E-state index in [0.717, 1.165) is 8.95 Å². The van der Waals surface area contributed by atoms with Crippen LogP contribution in [0.4, 0.5) is 5.69 Å². The van der Waals surface area contributed by atoms with Crippen LogP contribution in [0.15, 0.2) is 55.8 Å². The second kappa shape index (κ2) is 5.98. The lowest BCUT2D eigenvalue weighted by atomic mass is 10.2. The van der Waals surface area contributed by atoms with E-state index in [4.69, 9.17) is 0 Å². The Balaban J connectivity index is 2.02. The molecule has 0 atom stereocenters. The molecule has 1 amide bonds. The lowest BCUT2D eigenvalue weighted by Crippen LogP contribution is -1.92. The van der Waals surface area contributed by atoms with Crippen molar-refractivity contribution < 1.29 is 9.90 Å². The van der Waals surface area contributed by atoms with Crippen molar-refractivity contribution in [1.29, 1.82) is 0 Å². The van der Waals surface area contributed by atoms with Crippen molar-refractivity contribution in [2.75, 3.05) is 0 Å². The van der Waals surface area contributed by atoms with Crippen LogP contribution < -0.4 is 0 Å². The molecule has 0 unspecified atom stereocenters. The predicted octanol–water partition coefficient (Wildman–Crippen LogP) is 4.72. The van der Waals surface area contributed by atoms with E-state index in [1.54, 1.807) is 18.2 Å². The SMILES string of the molecule is O=C(N=Nc1c(O)[nH]c2c(Br)cc(Br)cc12)c1ccncc1. The number of rotatable bonds is 2. The molecule has 2 N–H and O–H groups in total. The number of amides is 1. The number of nitrogens with one attached hydrogen (secondary N) is 1. The van der Waals surface area contributed by atoms with E-state index < -0.39 is 5.91 Å². The summed E-state index contributed by atoms with van der Waals surface area (Å²) in [4.78, 5) is 18.6. The number of aromatic nitrogens is 2. The molecule has 0 radical (unpaired) electrons. The van der Waals surface area contributed by atoms with Crippen LogP contribution in [-0.4, -0.2) is 21.0 Å². The minimum absolute atomic E-state index is 0.153. The van der Waals surface area contributed by atoms with Gasteiger partial charge < -0.3 is 10.1 Å². The van der Waals surface area contributed by atoms with Crippen molar-refractivity contribution in [2.45, 2.75) is 0 Å². The number of azo groups is 1. The fourth-order valence-electron chi connectivity index (χ4n) is 1.94. The van der Waals surface area contributed by atoms with Gasteiger partial charge in [0.1, 0.15) is 0 Å². The number of halogens is 2. The summed E-state index contributed by atoms with van der Waals surface area (Å²) < 4.78 is 1.57. The van der Waals surface area contributed by atoms with Crippen molar-refractivity contribution in [3.05, 3.63) is 51.2 Å². The zero-order valence-corrected chi connectivity index (χ0v) is 14.1. The predicted molar refractivity (Wildman–Crippen MR) is 88.4 cm³/mol. The number of hydrogen-bond donors (Lipinski definition) is 2. The molecule has 0 spiro atoms. The molecule has 2 aromatic heterocycles. The smallest absolute Gasteiger partial charge is 0.295 e. The van der Waals surface area contributed by atoms with Crippen LogP contribution in [0.25, 0.3) is 10.9 Å². The zero-order valence-electron chi connectivity index (χ0n) is 10.9. The van der Waals surface area contributed by atoms with Gasteiger partial charge in [0.15, 0.2) is 5.69 Å². The summed E-state index contributed by atoms with van der Waals surface area (Å²) in [6.07, 6.45) is 3.00. The maximum atomic E-state index is 11.9. The van der Waals surface area contributed by atoms with Gasteiger partial charge in [0, 0.05) is 32.3 Å². The van der Waals surface area contributed by atoms with E-state index in [0.29, 0.717) is 16.5 Å². The molecule has 22 heavy (non-hydrogen) atoms. The van der Waals surface area contributed by atoms with Crippen molar-refractivity contribution in [3.8, 4) is 5.88 Å². The molecule has 8 heteroatoms. The highest BCUT2D eigenvalue weighted by Crippen LogP contribution is 2.40. The van der Waals surface area contributed by atoms with E-state index in [2.05, 4.69) is 52.1 Å². The first-order chi connectivity index (χ1) is 10.6. The monoisotopic (exact) mass is 422 g/mol. The van der Waals surface area contributed by atoms with Gasteiger partial charge in [0.25, 0.3) is 5.91 Å². The molecule has 110 valence electrons. The van der Waals surface area contributed by atoms with E-state index in [9.17, 15) is 9.90 Å². The number of nitrogens with zero attached hydrogens (tertiary/aromatic N) is 3. The Morgan fingerprint density at radius 3 is 2.68 bits per heavy atom. The van der Waals surface area contributed by atoms with Crippen LogP contribution in [-0.2, 0) is 0 Å². The molecule has 0 aliphatic carbocycles. The average molecular weight is 424 g/mol. The first-order valence-electron chi connectivity index (χ1n) is 6.12. The second-order valence-electron chi connectivity index (χ2n) is 4.37. The Morgan fingerprint density at radius 2 is 1.95 bits per heavy atom. The summed E-state index contributed by atoms with van der Waals surface area (Å²) in [6.45, 7) is 0. The third-order valence-electron chi connectivity index (χ3n) is 2.95. The number of H-pyrrole nitrogens is 1. The van der Waals surface area contributed by atoms with Gasteiger partial charge in [0.2, 0.25) is 5.88 Å². The second-order valence-corrected chi connectivity index (χ2v) is 6.14. The van der Waals surface area contributed by atoms with Crippen LogP contribution >= 0.6 is 31.9 Å². The van der Waals surface area contributed by atoms with E-state index in [1.165, 1.54) is 12.4 Å². The molecule has 0 fully saturated rings. The molecule has 3 aromatic rings. The minimum Gasteiger partial charge on any atom is -0.493 e. The molecule has 2 heterocycles. The number of carbonyl (C=O) groups is 1. The maximum absolute atomic E-state index is 11.9. The van der Waals surface area contributed by atoms with Crippen LogP contribution in [0.2, 0.25) is 0 Å². The molecule has 0 saturated carbocycles. The molecule has 0 aliphatic heterocycles. The fraction of sp³-hybridized carbons (Fsp3) is 0. The average Bonchev–Trinajstić information content (AvgIpc) is 2.82. The van der Waals surface area contributed by atoms with Crippen LogP contribution in [0, 0.1) is 0 Å². The standard InChI is InChI=1S/C14H8Br2N4O2/c15-8-5-9-11(10(16)6-8)18-14(22)12(9)19-20-13(21)7-1-3-17-4-2-7/h1-6,18,22H. The van der Waals surface area contributed by atoms with Gasteiger partial charge >= 0.3 is 0 Å². The molecule has 1 aromatic carbocycles. The molecule has 0 bridgehead atoms. The lowest BCUT2D eigenvalue weighted by Gasteiger charge is -1.96. The zero-order chi connectivity index (χ0) is 15.7. The highest BCUT2D eigenvalue weighted by atomic mass is 79.9. The number of pyridine rings is 1. The molecular weight excluding hydrogens is 416 g/mol. The van der Waals surface area contributed by atoms with Crippen LogP contribution in [0.1, 0.15) is 10.4 Å². The summed E-state index contributed by atoms with van der Waals surface area (Å²) in [6, 6.07) is 6.70. The summed E-state index contributed by atoms with van der Waals surface area (Å²) in [5.41, 5.74) is 1.26. The van der Waals surface area contributed by atoms with E-state index >= 15 is 0 Å². The number of fused-ring (bicyclic) bond motifs is 1. The number of aromatic amines is 1. The van der Waals surface area contributed by atoms with Crippen LogP contribution in [0.5, 0.6) is 5.88 Å². The Kier molecular flexibility index (Phi) is 4.04. The topological polar surface area (TPSA) is 90.7 Å². The number of aromatic hydroxyl groups is 1. The first-order valence-corrected chi connectivity index (χ1v) is 7.70. The van der Waals surface area contributed by atoms with Crippen molar-refractivity contribution in [2.24, 2.45) is 10.2 Å². The minimum atomic E-state index is -0.509. The van der Waals surface area contributed by atoms with Gasteiger partial charge in [0.05, 0.1) is 5.52 Å². The van der Waals surface area contributed by atoms with Crippen molar-refractivity contribution in [1.82, 2.24) is 9.97 Å². The van der Waals surface area contributed by atoms with Gasteiger partial charge in [-0.2, -0.15) is 0 Å². The Hall–Kier alpha value is -2.06.